The van der Waals surface area contributed by atoms with Crippen LogP contribution < -0.4 is 5.32 Å². The molecule has 20 heavy (non-hydrogen) atoms. The SMILES string of the molecule is CCCCC(CC)CNCc1cc(-c2cccs2)cs1. The van der Waals surface area contributed by atoms with Crippen LogP contribution in [-0.2, 0) is 6.54 Å². The van der Waals surface area contributed by atoms with Gasteiger partial charge in [-0.1, -0.05) is 39.2 Å². The zero-order chi connectivity index (χ0) is 14.2. The van der Waals surface area contributed by atoms with Gasteiger partial charge in [-0.3, -0.25) is 0 Å². The minimum Gasteiger partial charge on any atom is -0.312 e. The van der Waals surface area contributed by atoms with Gasteiger partial charge < -0.3 is 5.32 Å². The number of rotatable bonds is 9. The predicted octanol–water partition coefficient (Wildman–Crippen LogP) is 5.78. The first-order chi connectivity index (χ1) is 9.83. The maximum atomic E-state index is 3.63. The minimum atomic E-state index is 0.840. The molecule has 0 aliphatic rings. The van der Waals surface area contributed by atoms with Crippen LogP contribution in [0.25, 0.3) is 10.4 Å². The number of thiophene rings is 2. The minimum absolute atomic E-state index is 0.840. The van der Waals surface area contributed by atoms with E-state index in [9.17, 15) is 0 Å². The second kappa shape index (κ2) is 8.60. The van der Waals surface area contributed by atoms with Crippen LogP contribution in [0.3, 0.4) is 0 Å². The molecule has 110 valence electrons. The number of unbranched alkanes of at least 4 members (excludes halogenated alkanes) is 1. The summed E-state index contributed by atoms with van der Waals surface area (Å²) in [5.74, 6) is 0.840. The van der Waals surface area contributed by atoms with Crippen molar-refractivity contribution in [1.82, 2.24) is 5.32 Å². The fourth-order valence-corrected chi connectivity index (χ4v) is 4.03. The molecule has 0 radical (unpaired) electrons. The Morgan fingerprint density at radius 3 is 2.85 bits per heavy atom. The summed E-state index contributed by atoms with van der Waals surface area (Å²) in [4.78, 5) is 2.82. The lowest BCUT2D eigenvalue weighted by atomic mass is 9.99. The molecule has 1 nitrogen and oxygen atoms in total. The van der Waals surface area contributed by atoms with Gasteiger partial charge in [0.05, 0.1) is 0 Å². The summed E-state index contributed by atoms with van der Waals surface area (Å²) >= 11 is 3.69. The Balaban J connectivity index is 1.77. The van der Waals surface area contributed by atoms with Crippen molar-refractivity contribution in [2.75, 3.05) is 6.54 Å². The van der Waals surface area contributed by atoms with E-state index in [2.05, 4.69) is 48.1 Å². The standard InChI is InChI=1S/C17H25NS2/c1-3-5-7-14(4-2)11-18-12-16-10-15(13-20-16)17-8-6-9-19-17/h6,8-10,13-14,18H,3-5,7,11-12H2,1-2H3. The monoisotopic (exact) mass is 307 g/mol. The van der Waals surface area contributed by atoms with Crippen LogP contribution in [0.4, 0.5) is 0 Å². The molecule has 0 spiro atoms. The molecule has 1 N–H and O–H groups in total. The zero-order valence-electron chi connectivity index (χ0n) is 12.5. The molecule has 0 aromatic carbocycles. The molecular formula is C17H25NS2. The van der Waals surface area contributed by atoms with Crippen LogP contribution >= 0.6 is 22.7 Å². The molecular weight excluding hydrogens is 282 g/mol. The van der Waals surface area contributed by atoms with Crippen molar-refractivity contribution < 1.29 is 0 Å². The molecule has 0 fully saturated rings. The van der Waals surface area contributed by atoms with E-state index in [1.807, 2.05) is 22.7 Å². The summed E-state index contributed by atoms with van der Waals surface area (Å²) < 4.78 is 0. The number of hydrogen-bond donors (Lipinski definition) is 1. The van der Waals surface area contributed by atoms with Crippen molar-refractivity contribution in [1.29, 1.82) is 0 Å². The first-order valence-corrected chi connectivity index (χ1v) is 9.41. The second-order valence-corrected chi connectivity index (χ2v) is 7.27. The Bertz CT molecular complexity index is 473. The normalized spacial score (nSPS) is 12.7. The summed E-state index contributed by atoms with van der Waals surface area (Å²) in [7, 11) is 0. The highest BCUT2D eigenvalue weighted by molar-refractivity contribution is 7.14. The van der Waals surface area contributed by atoms with Crippen LogP contribution in [0.5, 0.6) is 0 Å². The van der Waals surface area contributed by atoms with Crippen molar-refractivity contribution in [3.8, 4) is 10.4 Å². The van der Waals surface area contributed by atoms with Crippen LogP contribution in [0.2, 0.25) is 0 Å². The molecule has 0 aliphatic heterocycles. The average Bonchev–Trinajstić information content (AvgIpc) is 3.13. The molecule has 0 bridgehead atoms. The van der Waals surface area contributed by atoms with Crippen LogP contribution in [0.15, 0.2) is 29.0 Å². The summed E-state index contributed by atoms with van der Waals surface area (Å²) in [6.07, 6.45) is 5.33. The Labute approximate surface area is 131 Å². The molecule has 0 aliphatic carbocycles. The lowest BCUT2D eigenvalue weighted by Crippen LogP contribution is -2.21. The zero-order valence-corrected chi connectivity index (χ0v) is 14.2. The van der Waals surface area contributed by atoms with Crippen molar-refractivity contribution in [3.63, 3.8) is 0 Å². The Hall–Kier alpha value is -0.640. The van der Waals surface area contributed by atoms with E-state index in [-0.39, 0.29) is 0 Å². The molecule has 2 heterocycles. The number of nitrogens with one attached hydrogen (secondary N) is 1. The van der Waals surface area contributed by atoms with Gasteiger partial charge in [0.2, 0.25) is 0 Å². The van der Waals surface area contributed by atoms with Gasteiger partial charge in [-0.2, -0.15) is 0 Å². The van der Waals surface area contributed by atoms with Crippen molar-refractivity contribution in [2.45, 2.75) is 46.1 Å². The summed E-state index contributed by atoms with van der Waals surface area (Å²) in [6.45, 7) is 6.75. The van der Waals surface area contributed by atoms with Crippen LogP contribution in [-0.4, -0.2) is 6.54 Å². The maximum absolute atomic E-state index is 3.63. The molecule has 0 saturated heterocycles. The Kier molecular flexibility index (Phi) is 6.77. The van der Waals surface area contributed by atoms with Gasteiger partial charge in [-0.15, -0.1) is 22.7 Å². The average molecular weight is 308 g/mol. The van der Waals surface area contributed by atoms with Crippen molar-refractivity contribution in [3.05, 3.63) is 33.8 Å². The smallest absolute Gasteiger partial charge is 0.0351 e. The summed E-state index contributed by atoms with van der Waals surface area (Å²) in [6, 6.07) is 6.65. The molecule has 1 unspecified atom stereocenters. The van der Waals surface area contributed by atoms with E-state index >= 15 is 0 Å². The topological polar surface area (TPSA) is 12.0 Å². The van der Waals surface area contributed by atoms with Crippen molar-refractivity contribution in [2.24, 2.45) is 5.92 Å². The van der Waals surface area contributed by atoms with Crippen LogP contribution in [0.1, 0.15) is 44.4 Å². The molecule has 1 atom stereocenters. The van der Waals surface area contributed by atoms with E-state index in [1.54, 1.807) is 0 Å². The largest absolute Gasteiger partial charge is 0.312 e. The second-order valence-electron chi connectivity index (χ2n) is 5.33. The molecule has 3 heteroatoms. The van der Waals surface area contributed by atoms with Gasteiger partial charge in [-0.05, 0) is 41.8 Å². The maximum Gasteiger partial charge on any atom is 0.0351 e. The summed E-state index contributed by atoms with van der Waals surface area (Å²) in [5.41, 5.74) is 1.37. The Morgan fingerprint density at radius 1 is 1.25 bits per heavy atom. The fraction of sp³-hybridized carbons (Fsp3) is 0.529. The van der Waals surface area contributed by atoms with E-state index in [1.165, 1.54) is 41.0 Å². The first-order valence-electron chi connectivity index (χ1n) is 7.65. The Morgan fingerprint density at radius 2 is 2.15 bits per heavy atom. The highest BCUT2D eigenvalue weighted by Gasteiger charge is 2.07. The third-order valence-electron chi connectivity index (χ3n) is 3.73. The van der Waals surface area contributed by atoms with E-state index in [4.69, 9.17) is 0 Å². The molecule has 2 aromatic rings. The molecule has 2 aromatic heterocycles. The summed E-state index contributed by atoms with van der Waals surface area (Å²) in [5, 5.41) is 8.05. The lowest BCUT2D eigenvalue weighted by molar-refractivity contribution is 0.420. The first kappa shape index (κ1) is 15.7. The predicted molar refractivity (Wildman–Crippen MR) is 92.6 cm³/mol. The van der Waals surface area contributed by atoms with Gasteiger partial charge >= 0.3 is 0 Å². The number of hydrogen-bond acceptors (Lipinski definition) is 3. The molecule has 0 saturated carbocycles. The lowest BCUT2D eigenvalue weighted by Gasteiger charge is -2.14. The third-order valence-corrected chi connectivity index (χ3v) is 5.59. The third kappa shape index (κ3) is 4.72. The highest BCUT2D eigenvalue weighted by Crippen LogP contribution is 2.29. The fourth-order valence-electron chi connectivity index (χ4n) is 2.39. The van der Waals surface area contributed by atoms with Gasteiger partial charge in [0.15, 0.2) is 0 Å². The van der Waals surface area contributed by atoms with Gasteiger partial charge in [0, 0.05) is 21.9 Å². The van der Waals surface area contributed by atoms with Crippen molar-refractivity contribution >= 4 is 22.7 Å². The van der Waals surface area contributed by atoms with E-state index in [0.717, 1.165) is 19.0 Å². The molecule has 2 rings (SSSR count). The van der Waals surface area contributed by atoms with Gasteiger partial charge in [-0.25, -0.2) is 0 Å². The van der Waals surface area contributed by atoms with Gasteiger partial charge in [0.25, 0.3) is 0 Å². The molecule has 0 amide bonds. The van der Waals surface area contributed by atoms with E-state index in [0.29, 0.717) is 0 Å². The quantitative estimate of drug-likeness (QED) is 0.619. The van der Waals surface area contributed by atoms with Crippen LogP contribution in [0, 0.1) is 5.92 Å². The highest BCUT2D eigenvalue weighted by atomic mass is 32.1. The van der Waals surface area contributed by atoms with Gasteiger partial charge in [0.1, 0.15) is 0 Å². The van der Waals surface area contributed by atoms with E-state index < -0.39 is 0 Å².